The maximum Gasteiger partial charge on any atom is 0.307 e. The van der Waals surface area contributed by atoms with Gasteiger partial charge in [0.2, 0.25) is 5.91 Å². The Morgan fingerprint density at radius 3 is 2.74 bits per heavy atom. The quantitative estimate of drug-likeness (QED) is 0.650. The first-order valence-corrected chi connectivity index (χ1v) is 7.26. The SMILES string of the molecule is CC(CC(=O)Nc1ccc(Cl)cc1C)=NNC(=O)c1ccco1. The Bertz CT molecular complexity index is 739. The van der Waals surface area contributed by atoms with Crippen LogP contribution in [0.1, 0.15) is 29.5 Å². The van der Waals surface area contributed by atoms with Crippen LogP contribution in [-0.2, 0) is 4.79 Å². The smallest absolute Gasteiger partial charge is 0.307 e. The third-order valence-corrected chi connectivity index (χ3v) is 3.21. The first-order valence-electron chi connectivity index (χ1n) is 6.88. The van der Waals surface area contributed by atoms with Crippen LogP contribution in [0, 0.1) is 6.92 Å². The summed E-state index contributed by atoms with van der Waals surface area (Å²) >= 11 is 5.87. The minimum absolute atomic E-state index is 0.0561. The third kappa shape index (κ3) is 4.96. The highest BCUT2D eigenvalue weighted by Crippen LogP contribution is 2.19. The van der Waals surface area contributed by atoms with Crippen LogP contribution in [0.2, 0.25) is 5.02 Å². The molecule has 0 aliphatic carbocycles. The molecule has 0 bridgehead atoms. The van der Waals surface area contributed by atoms with E-state index < -0.39 is 5.91 Å². The fourth-order valence-electron chi connectivity index (χ4n) is 1.84. The van der Waals surface area contributed by atoms with Gasteiger partial charge < -0.3 is 9.73 Å². The minimum atomic E-state index is -0.469. The summed E-state index contributed by atoms with van der Waals surface area (Å²) in [5.74, 6) is -0.546. The number of hydrogen-bond donors (Lipinski definition) is 2. The maximum atomic E-state index is 12.0. The number of halogens is 1. The number of carbonyl (C=O) groups excluding carboxylic acids is 2. The lowest BCUT2D eigenvalue weighted by Gasteiger charge is -2.08. The zero-order valence-corrected chi connectivity index (χ0v) is 13.5. The first-order chi connectivity index (χ1) is 11.0. The lowest BCUT2D eigenvalue weighted by Crippen LogP contribution is -2.21. The van der Waals surface area contributed by atoms with E-state index in [0.29, 0.717) is 16.4 Å². The van der Waals surface area contributed by atoms with E-state index in [0.717, 1.165) is 5.56 Å². The van der Waals surface area contributed by atoms with Crippen LogP contribution in [0.4, 0.5) is 5.69 Å². The molecule has 2 rings (SSSR count). The molecule has 0 atom stereocenters. The summed E-state index contributed by atoms with van der Waals surface area (Å²) in [4.78, 5) is 23.6. The van der Waals surface area contributed by atoms with Gasteiger partial charge in [0.1, 0.15) is 0 Å². The Labute approximate surface area is 138 Å². The zero-order valence-electron chi connectivity index (χ0n) is 12.7. The highest BCUT2D eigenvalue weighted by molar-refractivity contribution is 6.30. The van der Waals surface area contributed by atoms with Crippen molar-refractivity contribution in [1.82, 2.24) is 5.43 Å². The monoisotopic (exact) mass is 333 g/mol. The van der Waals surface area contributed by atoms with Crippen molar-refractivity contribution in [2.24, 2.45) is 5.10 Å². The van der Waals surface area contributed by atoms with Crippen molar-refractivity contribution < 1.29 is 14.0 Å². The van der Waals surface area contributed by atoms with Gasteiger partial charge in [0.05, 0.1) is 12.7 Å². The average Bonchev–Trinajstić information content (AvgIpc) is 3.02. The molecule has 0 radical (unpaired) electrons. The molecule has 23 heavy (non-hydrogen) atoms. The second kappa shape index (κ2) is 7.60. The topological polar surface area (TPSA) is 83.7 Å². The Kier molecular flexibility index (Phi) is 5.54. The van der Waals surface area contributed by atoms with Gasteiger partial charge in [-0.1, -0.05) is 11.6 Å². The summed E-state index contributed by atoms with van der Waals surface area (Å²) < 4.78 is 4.94. The van der Waals surface area contributed by atoms with Gasteiger partial charge in [-0.15, -0.1) is 0 Å². The van der Waals surface area contributed by atoms with Crippen LogP contribution < -0.4 is 10.7 Å². The molecule has 2 amide bonds. The van der Waals surface area contributed by atoms with Crippen LogP contribution in [0.15, 0.2) is 46.1 Å². The van der Waals surface area contributed by atoms with Gasteiger partial charge >= 0.3 is 5.91 Å². The fraction of sp³-hybridized carbons (Fsp3) is 0.188. The van der Waals surface area contributed by atoms with Crippen LogP contribution in [0.5, 0.6) is 0 Å². The Morgan fingerprint density at radius 1 is 1.30 bits per heavy atom. The number of amides is 2. The number of hydrogen-bond acceptors (Lipinski definition) is 4. The number of hydrazone groups is 1. The summed E-state index contributed by atoms with van der Waals surface area (Å²) in [5.41, 5.74) is 4.35. The van der Waals surface area contributed by atoms with Gasteiger partial charge in [0.15, 0.2) is 5.76 Å². The Hall–Kier alpha value is -2.60. The number of nitrogens with zero attached hydrogens (tertiary/aromatic N) is 1. The largest absolute Gasteiger partial charge is 0.459 e. The van der Waals surface area contributed by atoms with E-state index >= 15 is 0 Å². The highest BCUT2D eigenvalue weighted by Gasteiger charge is 2.09. The second-order valence-electron chi connectivity index (χ2n) is 4.95. The number of nitrogens with one attached hydrogen (secondary N) is 2. The van der Waals surface area contributed by atoms with Crippen molar-refractivity contribution in [3.05, 3.63) is 52.9 Å². The number of rotatable bonds is 5. The molecule has 2 N–H and O–H groups in total. The van der Waals surface area contributed by atoms with Gasteiger partial charge in [-0.05, 0) is 49.7 Å². The molecule has 0 aliphatic rings. The zero-order chi connectivity index (χ0) is 16.8. The minimum Gasteiger partial charge on any atom is -0.459 e. The Balaban J connectivity index is 1.89. The van der Waals surface area contributed by atoms with Gasteiger partial charge in [0, 0.05) is 16.4 Å². The molecule has 2 aromatic rings. The van der Waals surface area contributed by atoms with Crippen molar-refractivity contribution in [2.75, 3.05) is 5.32 Å². The average molecular weight is 334 g/mol. The number of furan rings is 1. The van der Waals surface area contributed by atoms with E-state index in [2.05, 4.69) is 15.8 Å². The standard InChI is InChI=1S/C16H16ClN3O3/c1-10-8-12(17)5-6-13(10)18-15(21)9-11(2)19-20-16(22)14-4-3-7-23-14/h3-8H,9H2,1-2H3,(H,18,21)(H,20,22). The van der Waals surface area contributed by atoms with E-state index in [1.165, 1.54) is 12.3 Å². The van der Waals surface area contributed by atoms with Crippen molar-refractivity contribution in [1.29, 1.82) is 0 Å². The van der Waals surface area contributed by atoms with Crippen molar-refractivity contribution in [3.63, 3.8) is 0 Å². The van der Waals surface area contributed by atoms with Gasteiger partial charge in [0.25, 0.3) is 0 Å². The molecule has 0 aliphatic heterocycles. The number of benzene rings is 1. The summed E-state index contributed by atoms with van der Waals surface area (Å²) in [6.45, 7) is 3.50. The van der Waals surface area contributed by atoms with E-state index in [-0.39, 0.29) is 18.1 Å². The third-order valence-electron chi connectivity index (χ3n) is 2.97. The lowest BCUT2D eigenvalue weighted by atomic mass is 10.2. The number of aryl methyl sites for hydroxylation is 1. The van der Waals surface area contributed by atoms with Crippen LogP contribution >= 0.6 is 11.6 Å². The van der Waals surface area contributed by atoms with Crippen LogP contribution in [0.3, 0.4) is 0 Å². The van der Waals surface area contributed by atoms with E-state index in [4.69, 9.17) is 16.0 Å². The predicted molar refractivity (Wildman–Crippen MR) is 88.7 cm³/mol. The molecular weight excluding hydrogens is 318 g/mol. The molecule has 0 fully saturated rings. The van der Waals surface area contributed by atoms with Crippen LogP contribution in [0.25, 0.3) is 0 Å². The van der Waals surface area contributed by atoms with E-state index in [9.17, 15) is 9.59 Å². The molecule has 0 saturated heterocycles. The normalized spacial score (nSPS) is 11.2. The molecular formula is C16H16ClN3O3. The maximum absolute atomic E-state index is 12.0. The molecule has 7 heteroatoms. The first kappa shape index (κ1) is 16.8. The Morgan fingerprint density at radius 2 is 2.09 bits per heavy atom. The second-order valence-corrected chi connectivity index (χ2v) is 5.39. The predicted octanol–water partition coefficient (Wildman–Crippen LogP) is 3.38. The van der Waals surface area contributed by atoms with E-state index in [1.807, 2.05) is 6.92 Å². The van der Waals surface area contributed by atoms with E-state index in [1.54, 1.807) is 31.2 Å². The summed E-state index contributed by atoms with van der Waals surface area (Å²) in [6.07, 6.45) is 1.45. The number of carbonyl (C=O) groups is 2. The van der Waals surface area contributed by atoms with Gasteiger partial charge in [-0.3, -0.25) is 9.59 Å². The van der Waals surface area contributed by atoms with Crippen LogP contribution in [-0.4, -0.2) is 17.5 Å². The molecule has 1 heterocycles. The molecule has 0 unspecified atom stereocenters. The fourth-order valence-corrected chi connectivity index (χ4v) is 2.07. The van der Waals surface area contributed by atoms with Crippen molar-refractivity contribution in [3.8, 4) is 0 Å². The summed E-state index contributed by atoms with van der Waals surface area (Å²) in [5, 5.41) is 7.26. The molecule has 0 spiro atoms. The molecule has 1 aromatic heterocycles. The number of anilines is 1. The summed E-state index contributed by atoms with van der Waals surface area (Å²) in [6, 6.07) is 8.33. The molecule has 120 valence electrons. The molecule has 0 saturated carbocycles. The lowest BCUT2D eigenvalue weighted by molar-refractivity contribution is -0.115. The van der Waals surface area contributed by atoms with Crippen molar-refractivity contribution in [2.45, 2.75) is 20.3 Å². The van der Waals surface area contributed by atoms with Gasteiger partial charge in [-0.25, -0.2) is 5.43 Å². The van der Waals surface area contributed by atoms with Crippen molar-refractivity contribution >= 4 is 34.8 Å². The summed E-state index contributed by atoms with van der Waals surface area (Å²) in [7, 11) is 0. The highest BCUT2D eigenvalue weighted by atomic mass is 35.5. The van der Waals surface area contributed by atoms with Gasteiger partial charge in [-0.2, -0.15) is 5.10 Å². The molecule has 6 nitrogen and oxygen atoms in total. The molecule has 1 aromatic carbocycles.